The molecular formula is C16H23N3O6S. The summed E-state index contributed by atoms with van der Waals surface area (Å²) in [6.45, 7) is 1.31. The molecule has 1 fully saturated rings. The summed E-state index contributed by atoms with van der Waals surface area (Å²) in [5.74, 6) is -0.824. The highest BCUT2D eigenvalue weighted by Gasteiger charge is 2.32. The number of rotatable bonds is 6. The van der Waals surface area contributed by atoms with Crippen molar-refractivity contribution in [2.75, 3.05) is 46.1 Å². The molecule has 0 radical (unpaired) electrons. The van der Waals surface area contributed by atoms with E-state index in [9.17, 15) is 23.1 Å². The minimum atomic E-state index is -3.27. The molecule has 1 aromatic rings. The molecular weight excluding hydrogens is 362 g/mol. The number of amides is 1. The Labute approximate surface area is 152 Å². The summed E-state index contributed by atoms with van der Waals surface area (Å²) < 4.78 is 29.4. The van der Waals surface area contributed by atoms with E-state index in [1.54, 1.807) is 4.90 Å². The van der Waals surface area contributed by atoms with Gasteiger partial charge in [-0.25, -0.2) is 8.42 Å². The van der Waals surface area contributed by atoms with Crippen LogP contribution in [0.5, 0.6) is 5.75 Å². The van der Waals surface area contributed by atoms with Crippen LogP contribution in [0.25, 0.3) is 0 Å². The standard InChI is InChI=1S/C16H23N3O6S/c1-25-16(22)14(18-7-9-19(10-8-18)26(2,23)24)11-17-15(21)12-3-5-13(20)6-4-12/h3-6,14,20H,7-11H2,1-2H3,(H,17,21)/t14-/m0/s1. The first-order valence-electron chi connectivity index (χ1n) is 8.06. The van der Waals surface area contributed by atoms with Crippen LogP contribution in [0.2, 0.25) is 0 Å². The molecule has 0 aromatic heterocycles. The van der Waals surface area contributed by atoms with Crippen LogP contribution in [-0.4, -0.2) is 86.7 Å². The van der Waals surface area contributed by atoms with E-state index < -0.39 is 22.0 Å². The van der Waals surface area contributed by atoms with E-state index in [2.05, 4.69) is 5.32 Å². The maximum atomic E-state index is 12.2. The summed E-state index contributed by atoms with van der Waals surface area (Å²) >= 11 is 0. The van der Waals surface area contributed by atoms with Crippen LogP contribution in [0, 0.1) is 0 Å². The number of aromatic hydroxyl groups is 1. The smallest absolute Gasteiger partial charge is 0.324 e. The van der Waals surface area contributed by atoms with Gasteiger partial charge in [0.15, 0.2) is 0 Å². The number of nitrogens with one attached hydrogen (secondary N) is 1. The van der Waals surface area contributed by atoms with Crippen molar-refractivity contribution in [3.63, 3.8) is 0 Å². The lowest BCUT2D eigenvalue weighted by molar-refractivity contribution is -0.147. The molecule has 0 spiro atoms. The molecule has 9 nitrogen and oxygen atoms in total. The number of phenols is 1. The molecule has 1 atom stereocenters. The van der Waals surface area contributed by atoms with Crippen molar-refractivity contribution in [3.8, 4) is 5.75 Å². The first-order valence-corrected chi connectivity index (χ1v) is 9.91. The van der Waals surface area contributed by atoms with Gasteiger partial charge in [0, 0.05) is 38.3 Å². The van der Waals surface area contributed by atoms with Crippen molar-refractivity contribution in [2.24, 2.45) is 0 Å². The van der Waals surface area contributed by atoms with Crippen molar-refractivity contribution in [2.45, 2.75) is 6.04 Å². The highest BCUT2D eigenvalue weighted by Crippen LogP contribution is 2.12. The van der Waals surface area contributed by atoms with Crippen molar-refractivity contribution in [1.82, 2.24) is 14.5 Å². The summed E-state index contributed by atoms with van der Waals surface area (Å²) in [7, 11) is -2.00. The Morgan fingerprint density at radius 3 is 2.27 bits per heavy atom. The predicted octanol–water partition coefficient (Wildman–Crippen LogP) is -0.759. The van der Waals surface area contributed by atoms with Gasteiger partial charge in [-0.2, -0.15) is 4.31 Å². The minimum absolute atomic E-state index is 0.0330. The minimum Gasteiger partial charge on any atom is -0.508 e. The molecule has 0 aliphatic carbocycles. The maximum Gasteiger partial charge on any atom is 0.324 e. The molecule has 10 heteroatoms. The topological polar surface area (TPSA) is 116 Å². The Balaban J connectivity index is 1.99. The van der Waals surface area contributed by atoms with E-state index in [1.165, 1.54) is 35.7 Å². The molecule has 1 amide bonds. The Morgan fingerprint density at radius 1 is 1.19 bits per heavy atom. The van der Waals surface area contributed by atoms with Crippen LogP contribution < -0.4 is 5.32 Å². The Kier molecular flexibility index (Phi) is 6.57. The molecule has 1 aromatic carbocycles. The fraction of sp³-hybridized carbons (Fsp3) is 0.500. The summed E-state index contributed by atoms with van der Waals surface area (Å²) in [5, 5.41) is 11.9. The Hall–Kier alpha value is -2.17. The molecule has 1 aliphatic heterocycles. The van der Waals surface area contributed by atoms with Crippen molar-refractivity contribution in [3.05, 3.63) is 29.8 Å². The van der Waals surface area contributed by atoms with E-state index in [0.29, 0.717) is 18.7 Å². The zero-order valence-electron chi connectivity index (χ0n) is 14.7. The van der Waals surface area contributed by atoms with E-state index in [0.717, 1.165) is 6.26 Å². The van der Waals surface area contributed by atoms with Crippen LogP contribution >= 0.6 is 0 Å². The van der Waals surface area contributed by atoms with Gasteiger partial charge >= 0.3 is 5.97 Å². The van der Waals surface area contributed by atoms with Gasteiger partial charge in [0.2, 0.25) is 10.0 Å². The van der Waals surface area contributed by atoms with E-state index >= 15 is 0 Å². The quantitative estimate of drug-likeness (QED) is 0.618. The van der Waals surface area contributed by atoms with Crippen LogP contribution in [0.1, 0.15) is 10.4 Å². The van der Waals surface area contributed by atoms with Crippen LogP contribution in [0.15, 0.2) is 24.3 Å². The average molecular weight is 385 g/mol. The van der Waals surface area contributed by atoms with Gasteiger partial charge in [0.05, 0.1) is 13.4 Å². The molecule has 0 saturated carbocycles. The number of piperazine rings is 1. The second kappa shape index (κ2) is 8.47. The largest absolute Gasteiger partial charge is 0.508 e. The third kappa shape index (κ3) is 5.16. The zero-order valence-corrected chi connectivity index (χ0v) is 15.5. The van der Waals surface area contributed by atoms with Gasteiger partial charge in [-0.15, -0.1) is 0 Å². The SMILES string of the molecule is COC(=O)[C@H](CNC(=O)c1ccc(O)cc1)N1CCN(S(C)(=O)=O)CC1. The Bertz CT molecular complexity index is 742. The summed E-state index contributed by atoms with van der Waals surface area (Å²) in [6.07, 6.45) is 1.15. The lowest BCUT2D eigenvalue weighted by Gasteiger charge is -2.37. The Morgan fingerprint density at radius 2 is 1.77 bits per heavy atom. The third-order valence-corrected chi connectivity index (χ3v) is 5.54. The molecule has 1 heterocycles. The number of hydrogen-bond acceptors (Lipinski definition) is 7. The number of carbonyl (C=O) groups is 2. The first kappa shape index (κ1) is 20.1. The predicted molar refractivity (Wildman–Crippen MR) is 94.2 cm³/mol. The number of ether oxygens (including phenoxy) is 1. The number of carbonyl (C=O) groups excluding carboxylic acids is 2. The van der Waals surface area contributed by atoms with Crippen molar-refractivity contribution < 1.29 is 27.9 Å². The highest BCUT2D eigenvalue weighted by atomic mass is 32.2. The van der Waals surface area contributed by atoms with Gasteiger partial charge < -0.3 is 15.2 Å². The van der Waals surface area contributed by atoms with E-state index in [-0.39, 0.29) is 31.3 Å². The molecule has 0 unspecified atom stereocenters. The summed E-state index contributed by atoms with van der Waals surface area (Å²) in [6, 6.07) is 5.04. The molecule has 144 valence electrons. The van der Waals surface area contributed by atoms with Crippen molar-refractivity contribution >= 4 is 21.9 Å². The first-order chi connectivity index (χ1) is 12.2. The van der Waals surface area contributed by atoms with Gasteiger partial charge in [-0.05, 0) is 24.3 Å². The summed E-state index contributed by atoms with van der Waals surface area (Å²) in [5.41, 5.74) is 0.355. The van der Waals surface area contributed by atoms with Crippen molar-refractivity contribution in [1.29, 1.82) is 0 Å². The molecule has 0 bridgehead atoms. The van der Waals surface area contributed by atoms with Crippen LogP contribution in [0.4, 0.5) is 0 Å². The second-order valence-corrected chi connectivity index (χ2v) is 7.98. The molecule has 1 saturated heterocycles. The number of phenolic OH excluding ortho intramolecular Hbond substituents is 1. The fourth-order valence-corrected chi connectivity index (χ4v) is 3.58. The van der Waals surface area contributed by atoms with E-state index in [4.69, 9.17) is 4.74 Å². The third-order valence-electron chi connectivity index (χ3n) is 4.24. The molecule has 1 aliphatic rings. The van der Waals surface area contributed by atoms with Gasteiger partial charge in [0.1, 0.15) is 11.8 Å². The number of methoxy groups -OCH3 is 1. The molecule has 26 heavy (non-hydrogen) atoms. The number of hydrogen-bond donors (Lipinski definition) is 2. The maximum absolute atomic E-state index is 12.2. The lowest BCUT2D eigenvalue weighted by atomic mass is 10.1. The van der Waals surface area contributed by atoms with Gasteiger partial charge in [-0.3, -0.25) is 14.5 Å². The highest BCUT2D eigenvalue weighted by molar-refractivity contribution is 7.88. The fourth-order valence-electron chi connectivity index (χ4n) is 2.75. The van der Waals surface area contributed by atoms with E-state index in [1.807, 2.05) is 0 Å². The van der Waals surface area contributed by atoms with Crippen LogP contribution in [0.3, 0.4) is 0 Å². The normalized spacial score (nSPS) is 17.5. The number of benzene rings is 1. The zero-order chi connectivity index (χ0) is 19.3. The monoisotopic (exact) mass is 385 g/mol. The number of nitrogens with zero attached hydrogens (tertiary/aromatic N) is 2. The van der Waals surface area contributed by atoms with Gasteiger partial charge in [0.25, 0.3) is 5.91 Å². The molecule has 2 N–H and O–H groups in total. The molecule has 2 rings (SSSR count). The average Bonchev–Trinajstić information content (AvgIpc) is 2.61. The second-order valence-electron chi connectivity index (χ2n) is 5.99. The number of sulfonamides is 1. The summed E-state index contributed by atoms with van der Waals surface area (Å²) in [4.78, 5) is 26.1. The van der Waals surface area contributed by atoms with Gasteiger partial charge in [-0.1, -0.05) is 0 Å². The van der Waals surface area contributed by atoms with Crippen LogP contribution in [-0.2, 0) is 19.6 Å². The lowest BCUT2D eigenvalue weighted by Crippen LogP contribution is -2.57. The number of esters is 1.